The van der Waals surface area contributed by atoms with E-state index in [2.05, 4.69) is 109 Å². The Hall–Kier alpha value is -1.78. The van der Waals surface area contributed by atoms with Crippen molar-refractivity contribution in [3.63, 3.8) is 0 Å². The first-order valence-corrected chi connectivity index (χ1v) is 11.7. The van der Waals surface area contributed by atoms with Crippen LogP contribution in [0.4, 0.5) is 0 Å². The highest BCUT2D eigenvalue weighted by Gasteiger charge is 2.34. The molecule has 1 heteroatoms. The molecule has 3 rings (SSSR count). The van der Waals surface area contributed by atoms with Gasteiger partial charge in [0.05, 0.1) is 0 Å². The molecule has 0 aliphatic heterocycles. The molecule has 2 aromatic rings. The van der Waals surface area contributed by atoms with Crippen molar-refractivity contribution >= 4 is 22.8 Å². The normalized spacial score (nSPS) is 15.9. The van der Waals surface area contributed by atoms with Gasteiger partial charge in [-0.2, -0.15) is 0 Å². The lowest BCUT2D eigenvalue weighted by Gasteiger charge is -2.29. The van der Waals surface area contributed by atoms with E-state index in [0.29, 0.717) is 0 Å². The highest BCUT2D eigenvalue weighted by Crippen LogP contribution is 2.52. The summed E-state index contributed by atoms with van der Waals surface area (Å²) in [5.74, 6) is 0. The van der Waals surface area contributed by atoms with Crippen LogP contribution in [-0.4, -0.2) is 12.0 Å². The summed E-state index contributed by atoms with van der Waals surface area (Å²) in [6.07, 6.45) is 0. The van der Waals surface area contributed by atoms with Crippen molar-refractivity contribution in [2.24, 2.45) is 5.41 Å². The Bertz CT molecular complexity index is 889. The average Bonchev–Trinajstić information content (AvgIpc) is 2.85. The monoisotopic (exact) mass is 362 g/mol. The first-order chi connectivity index (χ1) is 12.2. The molecule has 0 aromatic heterocycles. The molecule has 0 heterocycles. The van der Waals surface area contributed by atoms with E-state index in [9.17, 15) is 0 Å². The van der Waals surface area contributed by atoms with Crippen LogP contribution < -0.4 is 10.6 Å². The summed E-state index contributed by atoms with van der Waals surface area (Å²) in [5, 5.41) is 4.50. The van der Waals surface area contributed by atoms with Crippen molar-refractivity contribution in [2.45, 2.75) is 41.5 Å². The van der Waals surface area contributed by atoms with E-state index in [-0.39, 0.29) is 5.41 Å². The third-order valence-electron chi connectivity index (χ3n) is 5.77. The first kappa shape index (κ1) is 19.0. The maximum atomic E-state index is 2.50. The van der Waals surface area contributed by atoms with Gasteiger partial charge in [0.25, 0.3) is 0 Å². The zero-order valence-electron chi connectivity index (χ0n) is 17.2. The van der Waals surface area contributed by atoms with Crippen LogP contribution in [0.15, 0.2) is 83.0 Å². The lowest BCUT2D eigenvalue weighted by Crippen LogP contribution is -2.22. The van der Waals surface area contributed by atoms with Gasteiger partial charge in [-0.15, -0.1) is 0 Å². The predicted octanol–water partition coefficient (Wildman–Crippen LogP) is 6.17. The molecule has 0 saturated heterocycles. The maximum Gasteiger partial charge on any atom is -0.0126 e. The van der Waals surface area contributed by atoms with Crippen molar-refractivity contribution < 1.29 is 0 Å². The molecular formula is C25H31P. The minimum atomic E-state index is -1.68. The Balaban J connectivity index is 2.49. The van der Waals surface area contributed by atoms with Gasteiger partial charge in [-0.1, -0.05) is 81.4 Å². The zero-order chi connectivity index (χ0) is 19.1. The summed E-state index contributed by atoms with van der Waals surface area (Å²) in [4.78, 5) is 0. The molecule has 2 aromatic carbocycles. The molecule has 0 unspecified atom stereocenters. The smallest absolute Gasteiger partial charge is 0.0126 e. The summed E-state index contributed by atoms with van der Waals surface area (Å²) >= 11 is 0. The number of hydrogen-bond donors (Lipinski definition) is 0. The summed E-state index contributed by atoms with van der Waals surface area (Å²) < 4.78 is 0. The fraction of sp³-hybridized carbons (Fsp3) is 0.320. The fourth-order valence-electron chi connectivity index (χ4n) is 4.70. The Morgan fingerprint density at radius 1 is 0.615 bits per heavy atom. The van der Waals surface area contributed by atoms with E-state index in [1.807, 2.05) is 0 Å². The standard InChI is InChI=1S/C25H31P/c1-18-19(2)24(20(3)23(18)25(4,5)6)26(7,21-14-10-8-11-15-21)22-16-12-9-13-17-22/h8-17H,1-7H3. The molecule has 0 saturated carbocycles. The number of hydrogen-bond acceptors (Lipinski definition) is 0. The Morgan fingerprint density at radius 3 is 1.38 bits per heavy atom. The van der Waals surface area contributed by atoms with Gasteiger partial charge in [-0.3, -0.25) is 0 Å². The summed E-state index contributed by atoms with van der Waals surface area (Å²) in [7, 11) is 0. The largest absolute Gasteiger partial charge is 0.0622 e. The minimum Gasteiger partial charge on any atom is -0.0622 e. The molecule has 0 atom stereocenters. The van der Waals surface area contributed by atoms with E-state index in [4.69, 9.17) is 0 Å². The van der Waals surface area contributed by atoms with Crippen LogP contribution >= 0.6 is 6.89 Å². The van der Waals surface area contributed by atoms with E-state index < -0.39 is 6.89 Å². The van der Waals surface area contributed by atoms with Gasteiger partial charge in [0.1, 0.15) is 0 Å². The van der Waals surface area contributed by atoms with Gasteiger partial charge in [0, 0.05) is 0 Å². The lowest BCUT2D eigenvalue weighted by atomic mass is 9.82. The van der Waals surface area contributed by atoms with Crippen molar-refractivity contribution in [1.82, 2.24) is 0 Å². The van der Waals surface area contributed by atoms with Crippen LogP contribution in [0.5, 0.6) is 0 Å². The topological polar surface area (TPSA) is 0 Å². The van der Waals surface area contributed by atoms with Crippen molar-refractivity contribution in [2.75, 3.05) is 6.66 Å². The van der Waals surface area contributed by atoms with Gasteiger partial charge in [-0.05, 0) is 77.9 Å². The van der Waals surface area contributed by atoms with Crippen LogP contribution in [0.3, 0.4) is 0 Å². The Morgan fingerprint density at radius 2 is 1.04 bits per heavy atom. The molecular weight excluding hydrogens is 331 g/mol. The van der Waals surface area contributed by atoms with Gasteiger partial charge >= 0.3 is 0 Å². The maximum absolute atomic E-state index is 2.50. The van der Waals surface area contributed by atoms with Gasteiger partial charge in [-0.25, -0.2) is 0 Å². The highest BCUT2D eigenvalue weighted by molar-refractivity contribution is 7.89. The van der Waals surface area contributed by atoms with Gasteiger partial charge in [0.2, 0.25) is 0 Å². The van der Waals surface area contributed by atoms with Crippen molar-refractivity contribution in [3.8, 4) is 0 Å². The highest BCUT2D eigenvalue weighted by atomic mass is 31.2. The Labute approximate surface area is 159 Å². The van der Waals surface area contributed by atoms with Crippen LogP contribution in [-0.2, 0) is 0 Å². The lowest BCUT2D eigenvalue weighted by molar-refractivity contribution is 0.509. The molecule has 0 nitrogen and oxygen atoms in total. The predicted molar refractivity (Wildman–Crippen MR) is 121 cm³/mol. The van der Waals surface area contributed by atoms with Crippen LogP contribution in [0.25, 0.3) is 0 Å². The fourth-order valence-corrected chi connectivity index (χ4v) is 8.67. The number of allylic oxidation sites excluding steroid dienone is 4. The van der Waals surface area contributed by atoms with E-state index in [1.54, 1.807) is 5.29 Å². The zero-order valence-corrected chi connectivity index (χ0v) is 18.1. The molecule has 0 spiro atoms. The van der Waals surface area contributed by atoms with E-state index >= 15 is 0 Å². The van der Waals surface area contributed by atoms with Crippen molar-refractivity contribution in [1.29, 1.82) is 0 Å². The second kappa shape index (κ2) is 6.75. The molecule has 0 fully saturated rings. The first-order valence-electron chi connectivity index (χ1n) is 9.44. The van der Waals surface area contributed by atoms with Crippen LogP contribution in [0.1, 0.15) is 41.5 Å². The SMILES string of the molecule is CC1=C(C)C(=P(C)(c2ccccc2)c2ccccc2)C(C)=C1C(C)(C)C. The van der Waals surface area contributed by atoms with E-state index in [0.717, 1.165) is 0 Å². The van der Waals surface area contributed by atoms with E-state index in [1.165, 1.54) is 32.9 Å². The molecule has 0 bridgehead atoms. The molecule has 0 amide bonds. The summed E-state index contributed by atoms with van der Waals surface area (Å²) in [6, 6.07) is 22.2. The summed E-state index contributed by atoms with van der Waals surface area (Å²) in [5.41, 5.74) is 6.15. The molecule has 0 N–H and O–H groups in total. The quantitative estimate of drug-likeness (QED) is 0.560. The second-order valence-corrected chi connectivity index (χ2v) is 12.0. The molecule has 26 heavy (non-hydrogen) atoms. The molecule has 1 aliphatic carbocycles. The van der Waals surface area contributed by atoms with Crippen molar-refractivity contribution in [3.05, 3.63) is 83.0 Å². The molecule has 0 radical (unpaired) electrons. The Kier molecular flexibility index (Phi) is 4.93. The average molecular weight is 362 g/mol. The molecule has 1 aliphatic rings. The second-order valence-electron chi connectivity index (χ2n) is 8.53. The third-order valence-corrected chi connectivity index (χ3v) is 9.99. The third kappa shape index (κ3) is 2.95. The van der Waals surface area contributed by atoms with Crippen LogP contribution in [0, 0.1) is 5.41 Å². The van der Waals surface area contributed by atoms with Gasteiger partial charge in [0.15, 0.2) is 0 Å². The minimum absolute atomic E-state index is 0.162. The molecule has 136 valence electrons. The number of rotatable bonds is 2. The summed E-state index contributed by atoms with van der Waals surface area (Å²) in [6.45, 7) is 14.8. The number of benzene rings is 2. The van der Waals surface area contributed by atoms with Crippen LogP contribution in [0.2, 0.25) is 0 Å². The van der Waals surface area contributed by atoms with Gasteiger partial charge < -0.3 is 0 Å².